The molecule has 0 aliphatic carbocycles. The summed E-state index contributed by atoms with van der Waals surface area (Å²) in [5.74, 6) is -0.153. The van der Waals surface area contributed by atoms with E-state index in [0.29, 0.717) is 11.6 Å². The van der Waals surface area contributed by atoms with E-state index in [1.807, 2.05) is 91.0 Å². The molecular formula is C27H24N2O5. The maximum Gasteiger partial charge on any atom is 0.408 e. The first-order chi connectivity index (χ1) is 16.7. The Morgan fingerprint density at radius 2 is 1.41 bits per heavy atom. The standard InChI is InChI=1S/C27H24N2O5/c30-26(33-19-23-18-32-25(28-23)22-14-8-3-9-15-22)24(16-20-10-4-1-5-11-20)29-27(31)34-17-21-12-6-2-7-13-21/h1-15,18,24H,16-17,19H2,(H,29,31)/t24-/m0/s1. The van der Waals surface area contributed by atoms with Gasteiger partial charge in [0.05, 0.1) is 0 Å². The molecule has 0 spiro atoms. The number of esters is 1. The molecule has 0 unspecified atom stereocenters. The fraction of sp³-hybridized carbons (Fsp3) is 0.148. The highest BCUT2D eigenvalue weighted by Crippen LogP contribution is 2.18. The van der Waals surface area contributed by atoms with Crippen LogP contribution in [0.1, 0.15) is 16.8 Å². The molecule has 172 valence electrons. The summed E-state index contributed by atoms with van der Waals surface area (Å²) in [4.78, 5) is 29.6. The molecule has 34 heavy (non-hydrogen) atoms. The van der Waals surface area contributed by atoms with Crippen LogP contribution in [0.5, 0.6) is 0 Å². The van der Waals surface area contributed by atoms with Crippen LogP contribution in [0.15, 0.2) is 102 Å². The Labute approximate surface area is 197 Å². The number of nitrogens with zero attached hydrogens (tertiary/aromatic N) is 1. The zero-order valence-corrected chi connectivity index (χ0v) is 18.4. The van der Waals surface area contributed by atoms with Crippen LogP contribution < -0.4 is 5.32 Å². The van der Waals surface area contributed by atoms with Crippen molar-refractivity contribution in [2.24, 2.45) is 0 Å². The molecule has 7 nitrogen and oxygen atoms in total. The van der Waals surface area contributed by atoms with Crippen LogP contribution in [0.2, 0.25) is 0 Å². The van der Waals surface area contributed by atoms with E-state index < -0.39 is 18.1 Å². The lowest BCUT2D eigenvalue weighted by Gasteiger charge is -2.17. The SMILES string of the molecule is O=C(N[C@@H](Cc1ccccc1)C(=O)OCc1coc(-c2ccccc2)n1)OCc1ccccc1. The minimum atomic E-state index is -0.925. The Balaban J connectivity index is 1.37. The second-order valence-electron chi connectivity index (χ2n) is 7.57. The van der Waals surface area contributed by atoms with Gasteiger partial charge in [-0.05, 0) is 23.3 Å². The summed E-state index contributed by atoms with van der Waals surface area (Å²) in [5.41, 5.74) is 3.02. The smallest absolute Gasteiger partial charge is 0.408 e. The Bertz CT molecular complexity index is 1190. The average molecular weight is 456 g/mol. The number of alkyl carbamates (subject to hydrolysis) is 1. The predicted molar refractivity (Wildman–Crippen MR) is 125 cm³/mol. The molecule has 0 fully saturated rings. The average Bonchev–Trinajstić information content (AvgIpc) is 3.37. The van der Waals surface area contributed by atoms with Crippen molar-refractivity contribution in [1.29, 1.82) is 0 Å². The third kappa shape index (κ3) is 6.56. The minimum Gasteiger partial charge on any atom is -0.458 e. The summed E-state index contributed by atoms with van der Waals surface area (Å²) in [6.07, 6.45) is 1.01. The van der Waals surface area contributed by atoms with Crippen LogP contribution >= 0.6 is 0 Å². The zero-order valence-electron chi connectivity index (χ0n) is 18.4. The molecule has 4 rings (SSSR count). The normalized spacial score (nSPS) is 11.4. The van der Waals surface area contributed by atoms with Gasteiger partial charge < -0.3 is 19.2 Å². The van der Waals surface area contributed by atoms with Crippen molar-refractivity contribution in [2.45, 2.75) is 25.7 Å². The van der Waals surface area contributed by atoms with Gasteiger partial charge >= 0.3 is 12.1 Å². The monoisotopic (exact) mass is 456 g/mol. The summed E-state index contributed by atoms with van der Waals surface area (Å²) in [6, 6.07) is 27.2. The number of benzene rings is 3. The van der Waals surface area contributed by atoms with E-state index in [-0.39, 0.29) is 19.6 Å². The molecule has 7 heteroatoms. The van der Waals surface area contributed by atoms with Crippen LogP contribution in [0.3, 0.4) is 0 Å². The van der Waals surface area contributed by atoms with E-state index in [1.54, 1.807) is 0 Å². The number of aromatic nitrogens is 1. The number of rotatable bonds is 9. The van der Waals surface area contributed by atoms with Crippen LogP contribution in [0, 0.1) is 0 Å². The van der Waals surface area contributed by atoms with E-state index in [1.165, 1.54) is 6.26 Å². The van der Waals surface area contributed by atoms with E-state index in [9.17, 15) is 9.59 Å². The van der Waals surface area contributed by atoms with Gasteiger partial charge in [-0.2, -0.15) is 0 Å². The zero-order chi connectivity index (χ0) is 23.6. The molecular weight excluding hydrogens is 432 g/mol. The van der Waals surface area contributed by atoms with Gasteiger partial charge in [0.15, 0.2) is 0 Å². The lowest BCUT2D eigenvalue weighted by Crippen LogP contribution is -2.43. The minimum absolute atomic E-state index is 0.0821. The first-order valence-electron chi connectivity index (χ1n) is 10.8. The Morgan fingerprint density at radius 3 is 2.09 bits per heavy atom. The Morgan fingerprint density at radius 1 is 0.794 bits per heavy atom. The highest BCUT2D eigenvalue weighted by molar-refractivity contribution is 5.81. The maximum atomic E-state index is 12.9. The molecule has 0 saturated carbocycles. The summed E-state index contributed by atoms with van der Waals surface area (Å²) in [6.45, 7) is 0.0161. The van der Waals surface area contributed by atoms with Crippen molar-refractivity contribution in [1.82, 2.24) is 10.3 Å². The van der Waals surface area contributed by atoms with Gasteiger partial charge in [0.25, 0.3) is 0 Å². The molecule has 0 radical (unpaired) electrons. The second kappa shape index (κ2) is 11.5. The first kappa shape index (κ1) is 22.8. The predicted octanol–water partition coefficient (Wildman–Crippen LogP) is 4.92. The molecule has 1 atom stereocenters. The van der Waals surface area contributed by atoms with E-state index in [4.69, 9.17) is 13.9 Å². The Hall–Kier alpha value is -4.39. The molecule has 0 aliphatic rings. The van der Waals surface area contributed by atoms with E-state index in [0.717, 1.165) is 16.7 Å². The summed E-state index contributed by atoms with van der Waals surface area (Å²) in [7, 11) is 0. The fourth-order valence-corrected chi connectivity index (χ4v) is 3.28. The fourth-order valence-electron chi connectivity index (χ4n) is 3.28. The van der Waals surface area contributed by atoms with Crippen molar-refractivity contribution in [2.75, 3.05) is 0 Å². The molecule has 3 aromatic carbocycles. The summed E-state index contributed by atoms with van der Waals surface area (Å²) < 4.78 is 16.2. The molecule has 1 aromatic heterocycles. The number of hydrogen-bond acceptors (Lipinski definition) is 6. The van der Waals surface area contributed by atoms with E-state index >= 15 is 0 Å². The highest BCUT2D eigenvalue weighted by atomic mass is 16.6. The van der Waals surface area contributed by atoms with Gasteiger partial charge in [0, 0.05) is 12.0 Å². The maximum absolute atomic E-state index is 12.9. The molecule has 1 N–H and O–H groups in total. The van der Waals surface area contributed by atoms with Gasteiger partial charge in [0.2, 0.25) is 5.89 Å². The van der Waals surface area contributed by atoms with Crippen molar-refractivity contribution >= 4 is 12.1 Å². The third-order valence-electron chi connectivity index (χ3n) is 5.01. The number of ether oxygens (including phenoxy) is 2. The lowest BCUT2D eigenvalue weighted by molar-refractivity contribution is -0.147. The van der Waals surface area contributed by atoms with Gasteiger partial charge in [-0.1, -0.05) is 78.9 Å². The summed E-state index contributed by atoms with van der Waals surface area (Å²) in [5, 5.41) is 2.62. The number of nitrogens with one attached hydrogen (secondary N) is 1. The molecule has 0 saturated heterocycles. The van der Waals surface area contributed by atoms with Crippen LogP contribution in [-0.4, -0.2) is 23.1 Å². The van der Waals surface area contributed by atoms with Gasteiger partial charge in [-0.15, -0.1) is 0 Å². The quantitative estimate of drug-likeness (QED) is 0.360. The lowest BCUT2D eigenvalue weighted by atomic mass is 10.1. The molecule has 1 amide bonds. The molecule has 4 aromatic rings. The van der Waals surface area contributed by atoms with E-state index in [2.05, 4.69) is 10.3 Å². The first-order valence-corrected chi connectivity index (χ1v) is 10.8. The Kier molecular flexibility index (Phi) is 7.69. The van der Waals surface area contributed by atoms with Gasteiger partial charge in [-0.25, -0.2) is 14.6 Å². The third-order valence-corrected chi connectivity index (χ3v) is 5.01. The van der Waals surface area contributed by atoms with Crippen molar-refractivity contribution in [3.8, 4) is 11.5 Å². The molecule has 0 aliphatic heterocycles. The van der Waals surface area contributed by atoms with Gasteiger partial charge in [0.1, 0.15) is 31.2 Å². The molecule has 0 bridgehead atoms. The molecule has 1 heterocycles. The van der Waals surface area contributed by atoms with Crippen LogP contribution in [-0.2, 0) is 33.9 Å². The number of carbonyl (C=O) groups is 2. The van der Waals surface area contributed by atoms with Gasteiger partial charge in [-0.3, -0.25) is 0 Å². The largest absolute Gasteiger partial charge is 0.458 e. The van der Waals surface area contributed by atoms with Crippen molar-refractivity contribution < 1.29 is 23.5 Å². The summed E-state index contributed by atoms with van der Waals surface area (Å²) >= 11 is 0. The van der Waals surface area contributed by atoms with Crippen molar-refractivity contribution in [3.63, 3.8) is 0 Å². The number of oxazole rings is 1. The number of hydrogen-bond donors (Lipinski definition) is 1. The van der Waals surface area contributed by atoms with Crippen molar-refractivity contribution in [3.05, 3.63) is 114 Å². The number of carbonyl (C=O) groups excluding carboxylic acids is 2. The van der Waals surface area contributed by atoms with Crippen LogP contribution in [0.25, 0.3) is 11.5 Å². The van der Waals surface area contributed by atoms with Crippen LogP contribution in [0.4, 0.5) is 4.79 Å². The number of amides is 1. The topological polar surface area (TPSA) is 90.7 Å². The second-order valence-corrected chi connectivity index (χ2v) is 7.57. The highest BCUT2D eigenvalue weighted by Gasteiger charge is 2.24.